The van der Waals surface area contributed by atoms with Gasteiger partial charge in [-0.2, -0.15) is 0 Å². The van der Waals surface area contributed by atoms with Crippen molar-refractivity contribution < 1.29 is 4.79 Å². The van der Waals surface area contributed by atoms with Crippen LogP contribution in [-0.2, 0) is 17.6 Å². The standard InChI is InChI=1S/C13H16N2O/c14-12-6-7-15(13(12)16)11-5-4-9-2-1-3-10(9)8-11/h4-5,8,12H,1-3,6-7,14H2. The Morgan fingerprint density at radius 3 is 2.81 bits per heavy atom. The minimum Gasteiger partial charge on any atom is -0.320 e. The first-order valence-electron chi connectivity index (χ1n) is 5.94. The minimum atomic E-state index is -0.298. The van der Waals surface area contributed by atoms with Gasteiger partial charge in [-0.3, -0.25) is 4.79 Å². The van der Waals surface area contributed by atoms with Crippen LogP contribution in [-0.4, -0.2) is 18.5 Å². The van der Waals surface area contributed by atoms with E-state index in [0.29, 0.717) is 0 Å². The number of carbonyl (C=O) groups excluding carboxylic acids is 1. The molecular weight excluding hydrogens is 200 g/mol. The lowest BCUT2D eigenvalue weighted by Crippen LogP contribution is -2.33. The number of hydrogen-bond acceptors (Lipinski definition) is 2. The van der Waals surface area contributed by atoms with Crippen LogP contribution in [0.1, 0.15) is 24.0 Å². The smallest absolute Gasteiger partial charge is 0.243 e. The second-order valence-electron chi connectivity index (χ2n) is 4.69. The Morgan fingerprint density at radius 1 is 1.25 bits per heavy atom. The molecule has 0 spiro atoms. The van der Waals surface area contributed by atoms with Crippen LogP contribution in [0.5, 0.6) is 0 Å². The van der Waals surface area contributed by atoms with Gasteiger partial charge in [0.15, 0.2) is 0 Å². The summed E-state index contributed by atoms with van der Waals surface area (Å²) in [6.07, 6.45) is 4.35. The van der Waals surface area contributed by atoms with Crippen molar-refractivity contribution in [1.29, 1.82) is 0 Å². The van der Waals surface area contributed by atoms with Crippen molar-refractivity contribution in [3.05, 3.63) is 29.3 Å². The average molecular weight is 216 g/mol. The van der Waals surface area contributed by atoms with E-state index in [4.69, 9.17) is 5.73 Å². The normalized spacial score (nSPS) is 23.9. The molecule has 2 N–H and O–H groups in total. The summed E-state index contributed by atoms with van der Waals surface area (Å²) in [6, 6.07) is 6.08. The molecule has 3 heteroatoms. The van der Waals surface area contributed by atoms with Gasteiger partial charge in [-0.25, -0.2) is 0 Å². The fraction of sp³-hybridized carbons (Fsp3) is 0.462. The van der Waals surface area contributed by atoms with Gasteiger partial charge in [0.05, 0.1) is 6.04 Å². The Balaban J connectivity index is 1.93. The highest BCUT2D eigenvalue weighted by Crippen LogP contribution is 2.28. The third-order valence-corrected chi connectivity index (χ3v) is 3.64. The topological polar surface area (TPSA) is 46.3 Å². The number of hydrogen-bond donors (Lipinski definition) is 1. The molecule has 2 aliphatic rings. The molecule has 1 amide bonds. The highest BCUT2D eigenvalue weighted by Gasteiger charge is 2.29. The number of anilines is 1. The number of carbonyl (C=O) groups is 1. The lowest BCUT2D eigenvalue weighted by atomic mass is 10.1. The molecule has 1 aliphatic heterocycles. The predicted molar refractivity (Wildman–Crippen MR) is 63.4 cm³/mol. The van der Waals surface area contributed by atoms with Gasteiger partial charge in [0, 0.05) is 12.2 Å². The van der Waals surface area contributed by atoms with Crippen molar-refractivity contribution in [1.82, 2.24) is 0 Å². The zero-order valence-corrected chi connectivity index (χ0v) is 9.28. The number of nitrogens with zero attached hydrogens (tertiary/aromatic N) is 1. The molecule has 1 fully saturated rings. The molecule has 0 aromatic heterocycles. The van der Waals surface area contributed by atoms with Gasteiger partial charge >= 0.3 is 0 Å². The van der Waals surface area contributed by atoms with Crippen LogP contribution in [0.15, 0.2) is 18.2 Å². The highest BCUT2D eigenvalue weighted by atomic mass is 16.2. The Bertz CT molecular complexity index is 442. The molecule has 1 atom stereocenters. The van der Waals surface area contributed by atoms with Crippen LogP contribution in [0.25, 0.3) is 0 Å². The van der Waals surface area contributed by atoms with Crippen LogP contribution in [0.4, 0.5) is 5.69 Å². The van der Waals surface area contributed by atoms with Gasteiger partial charge in [-0.15, -0.1) is 0 Å². The fourth-order valence-corrected chi connectivity index (χ4v) is 2.68. The first kappa shape index (κ1) is 9.85. The quantitative estimate of drug-likeness (QED) is 0.767. The second kappa shape index (κ2) is 3.59. The van der Waals surface area contributed by atoms with Crippen molar-refractivity contribution in [3.8, 4) is 0 Å². The van der Waals surface area contributed by atoms with Crippen molar-refractivity contribution in [2.75, 3.05) is 11.4 Å². The largest absolute Gasteiger partial charge is 0.320 e. The van der Waals surface area contributed by atoms with E-state index in [0.717, 1.165) is 25.1 Å². The summed E-state index contributed by atoms with van der Waals surface area (Å²) in [7, 11) is 0. The zero-order chi connectivity index (χ0) is 11.1. The minimum absolute atomic E-state index is 0.0675. The lowest BCUT2D eigenvalue weighted by molar-refractivity contribution is -0.118. The summed E-state index contributed by atoms with van der Waals surface area (Å²) < 4.78 is 0. The summed E-state index contributed by atoms with van der Waals surface area (Å²) in [6.45, 7) is 0.763. The van der Waals surface area contributed by atoms with Crippen LogP contribution < -0.4 is 10.6 Å². The molecule has 3 rings (SSSR count). The van der Waals surface area contributed by atoms with Gasteiger partial charge in [-0.1, -0.05) is 6.07 Å². The Labute approximate surface area is 95.2 Å². The van der Waals surface area contributed by atoms with Crippen LogP contribution in [0, 0.1) is 0 Å². The third-order valence-electron chi connectivity index (χ3n) is 3.64. The SMILES string of the molecule is NC1CCN(c2ccc3c(c2)CCC3)C1=O. The van der Waals surface area contributed by atoms with E-state index in [1.807, 2.05) is 4.90 Å². The molecule has 16 heavy (non-hydrogen) atoms. The Hall–Kier alpha value is -1.35. The van der Waals surface area contributed by atoms with Crippen molar-refractivity contribution in [3.63, 3.8) is 0 Å². The van der Waals surface area contributed by atoms with E-state index in [2.05, 4.69) is 18.2 Å². The lowest BCUT2D eigenvalue weighted by Gasteiger charge is -2.17. The van der Waals surface area contributed by atoms with Crippen LogP contribution in [0.2, 0.25) is 0 Å². The van der Waals surface area contributed by atoms with Gasteiger partial charge in [-0.05, 0) is 48.9 Å². The molecule has 0 saturated carbocycles. The van der Waals surface area contributed by atoms with Crippen molar-refractivity contribution in [2.45, 2.75) is 31.7 Å². The summed E-state index contributed by atoms with van der Waals surface area (Å²) in [5, 5.41) is 0. The molecule has 0 radical (unpaired) electrons. The Kier molecular flexibility index (Phi) is 2.21. The number of amides is 1. The number of benzene rings is 1. The number of nitrogens with two attached hydrogens (primary N) is 1. The summed E-state index contributed by atoms with van der Waals surface area (Å²) in [5.74, 6) is 0.0675. The average Bonchev–Trinajstić information content (AvgIpc) is 2.86. The Morgan fingerprint density at radius 2 is 2.06 bits per heavy atom. The van der Waals surface area contributed by atoms with E-state index in [1.165, 1.54) is 24.0 Å². The zero-order valence-electron chi connectivity index (χ0n) is 9.28. The van der Waals surface area contributed by atoms with E-state index in [1.54, 1.807) is 0 Å². The summed E-state index contributed by atoms with van der Waals surface area (Å²) in [4.78, 5) is 13.6. The highest BCUT2D eigenvalue weighted by molar-refractivity contribution is 5.99. The molecular formula is C13H16N2O. The maximum atomic E-state index is 11.8. The van der Waals surface area contributed by atoms with E-state index in [9.17, 15) is 4.79 Å². The van der Waals surface area contributed by atoms with Gasteiger partial charge in [0.25, 0.3) is 0 Å². The molecule has 3 nitrogen and oxygen atoms in total. The number of rotatable bonds is 1. The number of fused-ring (bicyclic) bond motifs is 1. The molecule has 1 heterocycles. The van der Waals surface area contributed by atoms with Crippen molar-refractivity contribution >= 4 is 11.6 Å². The van der Waals surface area contributed by atoms with E-state index in [-0.39, 0.29) is 11.9 Å². The summed E-state index contributed by atoms with van der Waals surface area (Å²) >= 11 is 0. The van der Waals surface area contributed by atoms with E-state index < -0.39 is 0 Å². The first-order valence-corrected chi connectivity index (χ1v) is 5.94. The van der Waals surface area contributed by atoms with Crippen LogP contribution in [0.3, 0.4) is 0 Å². The van der Waals surface area contributed by atoms with Gasteiger partial charge < -0.3 is 10.6 Å². The molecule has 1 aromatic carbocycles. The van der Waals surface area contributed by atoms with Gasteiger partial charge in [0.2, 0.25) is 5.91 Å². The van der Waals surface area contributed by atoms with Gasteiger partial charge in [0.1, 0.15) is 0 Å². The van der Waals surface area contributed by atoms with E-state index >= 15 is 0 Å². The monoisotopic (exact) mass is 216 g/mol. The molecule has 1 unspecified atom stereocenters. The summed E-state index contributed by atoms with van der Waals surface area (Å²) in [5.41, 5.74) is 9.61. The van der Waals surface area contributed by atoms with Crippen LogP contribution >= 0.6 is 0 Å². The predicted octanol–water partition coefficient (Wildman–Crippen LogP) is 1.24. The molecule has 1 aliphatic carbocycles. The maximum Gasteiger partial charge on any atom is 0.243 e. The second-order valence-corrected chi connectivity index (χ2v) is 4.69. The maximum absolute atomic E-state index is 11.8. The molecule has 0 bridgehead atoms. The molecule has 84 valence electrons. The number of aryl methyl sites for hydroxylation is 2. The molecule has 1 aromatic rings. The van der Waals surface area contributed by atoms with Crippen molar-refractivity contribution in [2.24, 2.45) is 5.73 Å². The third kappa shape index (κ3) is 1.43. The fourth-order valence-electron chi connectivity index (χ4n) is 2.68. The molecule has 1 saturated heterocycles. The first-order chi connectivity index (χ1) is 7.75.